The number of pyridine rings is 1. The number of sulfone groups is 1. The zero-order chi connectivity index (χ0) is 18.3. The van der Waals surface area contributed by atoms with Crippen molar-refractivity contribution in [1.82, 2.24) is 4.98 Å². The van der Waals surface area contributed by atoms with Crippen LogP contribution in [0.2, 0.25) is 0 Å². The fraction of sp³-hybridized carbons (Fsp3) is 0.722. The molecular formula is C18H28BNO4S. The molecule has 0 atom stereocenters. The molecule has 0 radical (unpaired) electrons. The highest BCUT2D eigenvalue weighted by atomic mass is 32.2. The van der Waals surface area contributed by atoms with E-state index in [0.29, 0.717) is 5.46 Å². The summed E-state index contributed by atoms with van der Waals surface area (Å²) in [4.78, 5) is 4.41. The molecule has 1 aliphatic heterocycles. The van der Waals surface area contributed by atoms with E-state index in [9.17, 15) is 8.42 Å². The highest BCUT2D eigenvalue weighted by Crippen LogP contribution is 2.36. The first kappa shape index (κ1) is 18.9. The Kier molecular flexibility index (Phi) is 5.03. The van der Waals surface area contributed by atoms with Crippen LogP contribution in [0, 0.1) is 5.92 Å². The first-order valence-corrected chi connectivity index (χ1v) is 10.8. The van der Waals surface area contributed by atoms with E-state index in [0.717, 1.165) is 25.7 Å². The first-order chi connectivity index (χ1) is 11.6. The van der Waals surface area contributed by atoms with Gasteiger partial charge in [0.05, 0.1) is 21.9 Å². The molecule has 25 heavy (non-hydrogen) atoms. The molecule has 0 aromatic carbocycles. The second-order valence-electron chi connectivity index (χ2n) is 8.33. The van der Waals surface area contributed by atoms with Crippen molar-refractivity contribution in [1.29, 1.82) is 0 Å². The van der Waals surface area contributed by atoms with E-state index in [1.165, 1.54) is 12.6 Å². The van der Waals surface area contributed by atoms with Crippen LogP contribution in [0.4, 0.5) is 0 Å². The maximum atomic E-state index is 12.8. The van der Waals surface area contributed by atoms with E-state index in [4.69, 9.17) is 9.31 Å². The normalized spacial score (nSPS) is 23.8. The average Bonchev–Trinajstić information content (AvgIpc) is 2.76. The Morgan fingerprint density at radius 2 is 1.68 bits per heavy atom. The summed E-state index contributed by atoms with van der Waals surface area (Å²) in [6, 6.07) is 1.66. The van der Waals surface area contributed by atoms with Crippen LogP contribution in [0.15, 0.2) is 23.4 Å². The maximum absolute atomic E-state index is 12.8. The highest BCUT2D eigenvalue weighted by Gasteiger charge is 2.52. The lowest BCUT2D eigenvalue weighted by Crippen LogP contribution is -2.41. The summed E-state index contributed by atoms with van der Waals surface area (Å²) in [6.45, 7) is 7.91. The van der Waals surface area contributed by atoms with Crippen LogP contribution < -0.4 is 5.46 Å². The third-order valence-electron chi connectivity index (χ3n) is 5.80. The Morgan fingerprint density at radius 3 is 2.28 bits per heavy atom. The molecule has 2 aliphatic rings. The van der Waals surface area contributed by atoms with Gasteiger partial charge in [0.25, 0.3) is 0 Å². The van der Waals surface area contributed by atoms with Crippen LogP contribution >= 0.6 is 0 Å². The molecule has 1 saturated heterocycles. The zero-order valence-electron chi connectivity index (χ0n) is 15.6. The molecule has 0 amide bonds. The van der Waals surface area contributed by atoms with E-state index in [-0.39, 0.29) is 16.6 Å². The molecule has 1 aromatic heterocycles. The van der Waals surface area contributed by atoms with Crippen molar-refractivity contribution in [3.8, 4) is 0 Å². The third kappa shape index (κ3) is 3.93. The summed E-state index contributed by atoms with van der Waals surface area (Å²) in [5, 5.41) is 0. The molecule has 1 aromatic rings. The molecular weight excluding hydrogens is 337 g/mol. The number of rotatable bonds is 4. The molecule has 2 heterocycles. The van der Waals surface area contributed by atoms with Crippen molar-refractivity contribution < 1.29 is 17.7 Å². The molecule has 138 valence electrons. The van der Waals surface area contributed by atoms with Crippen molar-refractivity contribution in [2.75, 3.05) is 5.75 Å². The van der Waals surface area contributed by atoms with Gasteiger partial charge in [-0.3, -0.25) is 4.98 Å². The van der Waals surface area contributed by atoms with Gasteiger partial charge in [0.2, 0.25) is 0 Å². The Balaban J connectivity index is 1.80. The smallest absolute Gasteiger partial charge is 0.399 e. The summed E-state index contributed by atoms with van der Waals surface area (Å²) in [5.74, 6) is 0.473. The van der Waals surface area contributed by atoms with Crippen molar-refractivity contribution >= 4 is 22.4 Å². The molecule has 0 spiro atoms. The Labute approximate surface area is 151 Å². The largest absolute Gasteiger partial charge is 0.496 e. The lowest BCUT2D eigenvalue weighted by atomic mass is 9.80. The molecule has 1 saturated carbocycles. The lowest BCUT2D eigenvalue weighted by molar-refractivity contribution is 0.00578. The molecule has 0 unspecified atom stereocenters. The van der Waals surface area contributed by atoms with Gasteiger partial charge in [-0.2, -0.15) is 0 Å². The van der Waals surface area contributed by atoms with Crippen LogP contribution in [-0.2, 0) is 19.1 Å². The summed E-state index contributed by atoms with van der Waals surface area (Å²) >= 11 is 0. The van der Waals surface area contributed by atoms with E-state index in [2.05, 4.69) is 4.98 Å². The number of hydrogen-bond acceptors (Lipinski definition) is 5. The van der Waals surface area contributed by atoms with Gasteiger partial charge < -0.3 is 9.31 Å². The number of aromatic nitrogens is 1. The fourth-order valence-electron chi connectivity index (χ4n) is 3.47. The van der Waals surface area contributed by atoms with E-state index >= 15 is 0 Å². The van der Waals surface area contributed by atoms with E-state index in [1.54, 1.807) is 12.3 Å². The average molecular weight is 365 g/mol. The predicted molar refractivity (Wildman–Crippen MR) is 98.6 cm³/mol. The van der Waals surface area contributed by atoms with Crippen molar-refractivity contribution in [2.24, 2.45) is 5.92 Å². The van der Waals surface area contributed by atoms with E-state index in [1.807, 2.05) is 27.7 Å². The maximum Gasteiger partial charge on any atom is 0.496 e. The van der Waals surface area contributed by atoms with Gasteiger partial charge in [0.15, 0.2) is 9.84 Å². The van der Waals surface area contributed by atoms with Crippen LogP contribution in [0.3, 0.4) is 0 Å². The SMILES string of the molecule is CC1(C)OB(c2cncc(S(=O)(=O)CC3CCCCC3)c2)OC1(C)C. The summed E-state index contributed by atoms with van der Waals surface area (Å²) < 4.78 is 37.6. The van der Waals surface area contributed by atoms with Crippen molar-refractivity contribution in [3.05, 3.63) is 18.5 Å². The molecule has 1 aliphatic carbocycles. The van der Waals surface area contributed by atoms with Gasteiger partial charge in [-0.15, -0.1) is 0 Å². The second-order valence-corrected chi connectivity index (χ2v) is 10.4. The topological polar surface area (TPSA) is 65.5 Å². The van der Waals surface area contributed by atoms with Crippen molar-refractivity contribution in [2.45, 2.75) is 75.9 Å². The minimum Gasteiger partial charge on any atom is -0.399 e. The van der Waals surface area contributed by atoms with Gasteiger partial charge in [0.1, 0.15) is 0 Å². The monoisotopic (exact) mass is 365 g/mol. The lowest BCUT2D eigenvalue weighted by Gasteiger charge is -2.32. The van der Waals surface area contributed by atoms with Gasteiger partial charge in [-0.25, -0.2) is 8.42 Å². The van der Waals surface area contributed by atoms with Crippen LogP contribution in [0.1, 0.15) is 59.8 Å². The van der Waals surface area contributed by atoms with E-state index < -0.39 is 28.2 Å². The summed E-state index contributed by atoms with van der Waals surface area (Å²) in [7, 11) is -3.94. The molecule has 7 heteroatoms. The molecule has 5 nitrogen and oxygen atoms in total. The Morgan fingerprint density at radius 1 is 1.08 bits per heavy atom. The number of hydrogen-bond donors (Lipinski definition) is 0. The fourth-order valence-corrected chi connectivity index (χ4v) is 5.16. The minimum atomic E-state index is -3.34. The highest BCUT2D eigenvalue weighted by molar-refractivity contribution is 7.91. The van der Waals surface area contributed by atoms with Crippen molar-refractivity contribution in [3.63, 3.8) is 0 Å². The van der Waals surface area contributed by atoms with Gasteiger partial charge in [-0.1, -0.05) is 19.3 Å². The molecule has 0 N–H and O–H groups in total. The third-order valence-corrected chi connectivity index (χ3v) is 7.65. The molecule has 2 fully saturated rings. The quantitative estimate of drug-likeness (QED) is 0.768. The number of nitrogens with zero attached hydrogens (tertiary/aromatic N) is 1. The summed E-state index contributed by atoms with van der Waals surface area (Å²) in [5.41, 5.74) is -0.271. The minimum absolute atomic E-state index is 0.210. The molecule has 3 rings (SSSR count). The standard InChI is InChI=1S/C18H28BNO4S/c1-17(2)18(3,4)24-19(23-17)15-10-16(12-20-11-15)25(21,22)13-14-8-6-5-7-9-14/h10-12,14H,5-9,13H2,1-4H3. The first-order valence-electron chi connectivity index (χ1n) is 9.14. The van der Waals surface area contributed by atoms with Crippen LogP contribution in [-0.4, -0.2) is 37.5 Å². The second kappa shape index (κ2) is 6.67. The van der Waals surface area contributed by atoms with Gasteiger partial charge in [0, 0.05) is 17.9 Å². The zero-order valence-corrected chi connectivity index (χ0v) is 16.4. The predicted octanol–water partition coefficient (Wildman–Crippen LogP) is 2.73. The van der Waals surface area contributed by atoms with Gasteiger partial charge in [-0.05, 0) is 52.5 Å². The molecule has 0 bridgehead atoms. The van der Waals surface area contributed by atoms with Gasteiger partial charge >= 0.3 is 7.12 Å². The van der Waals surface area contributed by atoms with Crippen LogP contribution in [0.5, 0.6) is 0 Å². The van der Waals surface area contributed by atoms with Crippen LogP contribution in [0.25, 0.3) is 0 Å². The Bertz CT molecular complexity index is 710. The Hall–Kier alpha value is -0.915. The summed E-state index contributed by atoms with van der Waals surface area (Å²) in [6.07, 6.45) is 8.55.